The number of oxazole rings is 1. The number of nitrogens with one attached hydrogen (secondary N) is 2. The highest BCUT2D eigenvalue weighted by Crippen LogP contribution is 2.18. The van der Waals surface area contributed by atoms with Crippen LogP contribution < -0.4 is 10.6 Å². The maximum atomic E-state index is 5.63. The lowest BCUT2D eigenvalue weighted by Crippen LogP contribution is -2.36. The molecule has 3 aromatic rings. The third-order valence-corrected chi connectivity index (χ3v) is 5.17. The normalized spacial score (nSPS) is 11.3. The lowest BCUT2D eigenvalue weighted by atomic mass is 10.1. The van der Waals surface area contributed by atoms with Crippen LogP contribution in [0, 0.1) is 0 Å². The van der Waals surface area contributed by atoms with Gasteiger partial charge in [0.2, 0.25) is 5.89 Å². The summed E-state index contributed by atoms with van der Waals surface area (Å²) in [6, 6.07) is 18.5. The van der Waals surface area contributed by atoms with Crippen LogP contribution in [-0.4, -0.2) is 35.5 Å². The maximum Gasteiger partial charge on any atom is 0.226 e. The predicted octanol–water partition coefficient (Wildman–Crippen LogP) is 5.06. The fourth-order valence-electron chi connectivity index (χ4n) is 3.34. The minimum absolute atomic E-state index is 0. The van der Waals surface area contributed by atoms with Crippen molar-refractivity contribution >= 4 is 29.9 Å². The number of hydrogen-bond acceptors (Lipinski definition) is 4. The molecular formula is C25H34IN5O. The minimum Gasteiger partial charge on any atom is -0.444 e. The molecule has 0 unspecified atom stereocenters. The van der Waals surface area contributed by atoms with Crippen LogP contribution in [0.5, 0.6) is 0 Å². The zero-order valence-electron chi connectivity index (χ0n) is 19.2. The molecule has 2 aromatic carbocycles. The smallest absolute Gasteiger partial charge is 0.226 e. The van der Waals surface area contributed by atoms with E-state index in [2.05, 4.69) is 65.6 Å². The van der Waals surface area contributed by atoms with Crippen molar-refractivity contribution in [2.24, 2.45) is 4.99 Å². The van der Waals surface area contributed by atoms with E-state index >= 15 is 0 Å². The van der Waals surface area contributed by atoms with Gasteiger partial charge in [0.05, 0.1) is 18.8 Å². The topological polar surface area (TPSA) is 65.7 Å². The summed E-state index contributed by atoms with van der Waals surface area (Å²) in [6.45, 7) is 11.5. The first-order valence-electron chi connectivity index (χ1n) is 11.0. The third kappa shape index (κ3) is 7.63. The molecule has 0 fully saturated rings. The number of aliphatic imine (C=N–C) groups is 1. The van der Waals surface area contributed by atoms with Crippen molar-refractivity contribution in [3.63, 3.8) is 0 Å². The van der Waals surface area contributed by atoms with Crippen LogP contribution in [0.4, 0.5) is 0 Å². The predicted molar refractivity (Wildman–Crippen MR) is 142 cm³/mol. The monoisotopic (exact) mass is 547 g/mol. The number of guanidine groups is 1. The molecule has 1 heterocycles. The summed E-state index contributed by atoms with van der Waals surface area (Å²) in [5, 5.41) is 6.67. The second-order valence-corrected chi connectivity index (χ2v) is 7.29. The molecule has 2 N–H and O–H groups in total. The number of rotatable bonds is 10. The summed E-state index contributed by atoms with van der Waals surface area (Å²) in [7, 11) is 0. The highest BCUT2D eigenvalue weighted by Gasteiger charge is 2.08. The van der Waals surface area contributed by atoms with Crippen molar-refractivity contribution in [3.8, 4) is 11.5 Å². The Morgan fingerprint density at radius 3 is 2.31 bits per heavy atom. The van der Waals surface area contributed by atoms with E-state index in [0.29, 0.717) is 19.0 Å². The van der Waals surface area contributed by atoms with Crippen molar-refractivity contribution in [2.45, 2.75) is 40.4 Å². The maximum absolute atomic E-state index is 5.63. The van der Waals surface area contributed by atoms with Crippen LogP contribution in [0.2, 0.25) is 0 Å². The first kappa shape index (κ1) is 25.9. The number of halogens is 1. The van der Waals surface area contributed by atoms with Crippen molar-refractivity contribution in [1.29, 1.82) is 0 Å². The average molecular weight is 547 g/mol. The van der Waals surface area contributed by atoms with Crippen LogP contribution in [0.15, 0.2) is 70.3 Å². The fraction of sp³-hybridized carbons (Fsp3) is 0.360. The van der Waals surface area contributed by atoms with E-state index < -0.39 is 0 Å². The molecule has 0 aliphatic carbocycles. The van der Waals surface area contributed by atoms with Gasteiger partial charge in [0, 0.05) is 18.7 Å². The first-order valence-corrected chi connectivity index (χ1v) is 11.0. The molecule has 1 aromatic heterocycles. The lowest BCUT2D eigenvalue weighted by molar-refractivity contribution is 0.295. The highest BCUT2D eigenvalue weighted by atomic mass is 127. The number of hydrogen-bond donors (Lipinski definition) is 2. The van der Waals surface area contributed by atoms with Gasteiger partial charge >= 0.3 is 0 Å². The second kappa shape index (κ2) is 13.9. The minimum atomic E-state index is 0. The van der Waals surface area contributed by atoms with E-state index in [9.17, 15) is 0 Å². The summed E-state index contributed by atoms with van der Waals surface area (Å²) in [6.07, 6.45) is 1.69. The summed E-state index contributed by atoms with van der Waals surface area (Å²) >= 11 is 0. The van der Waals surface area contributed by atoms with Crippen molar-refractivity contribution in [3.05, 3.63) is 77.7 Å². The number of nitrogens with zero attached hydrogens (tertiary/aromatic N) is 3. The molecular weight excluding hydrogens is 513 g/mol. The van der Waals surface area contributed by atoms with Crippen molar-refractivity contribution in [2.75, 3.05) is 19.6 Å². The van der Waals surface area contributed by atoms with E-state index in [-0.39, 0.29) is 24.0 Å². The Morgan fingerprint density at radius 1 is 0.938 bits per heavy atom. The van der Waals surface area contributed by atoms with Crippen LogP contribution in [-0.2, 0) is 19.6 Å². The molecule has 0 amide bonds. The van der Waals surface area contributed by atoms with Gasteiger partial charge in [-0.05, 0) is 43.3 Å². The number of benzene rings is 2. The number of aromatic nitrogens is 1. The van der Waals surface area contributed by atoms with E-state index in [1.807, 2.05) is 30.3 Å². The van der Waals surface area contributed by atoms with Gasteiger partial charge in [0.15, 0.2) is 5.96 Å². The Labute approximate surface area is 208 Å². The van der Waals surface area contributed by atoms with Crippen LogP contribution in [0.1, 0.15) is 37.6 Å². The van der Waals surface area contributed by atoms with Crippen molar-refractivity contribution < 1.29 is 4.42 Å². The van der Waals surface area contributed by atoms with E-state index in [4.69, 9.17) is 9.41 Å². The molecule has 0 bridgehead atoms. The Hall–Kier alpha value is -2.39. The van der Waals surface area contributed by atoms with E-state index in [1.165, 1.54) is 11.1 Å². The Kier molecular flexibility index (Phi) is 11.2. The summed E-state index contributed by atoms with van der Waals surface area (Å²) in [5.41, 5.74) is 4.39. The zero-order valence-corrected chi connectivity index (χ0v) is 21.5. The van der Waals surface area contributed by atoms with Crippen LogP contribution in [0.3, 0.4) is 0 Å². The average Bonchev–Trinajstić information content (AvgIpc) is 3.29. The highest BCUT2D eigenvalue weighted by molar-refractivity contribution is 14.0. The summed E-state index contributed by atoms with van der Waals surface area (Å²) in [4.78, 5) is 11.8. The van der Waals surface area contributed by atoms with Gasteiger partial charge in [-0.3, -0.25) is 4.90 Å². The van der Waals surface area contributed by atoms with Gasteiger partial charge in [-0.25, -0.2) is 9.98 Å². The molecule has 172 valence electrons. The Morgan fingerprint density at radius 2 is 1.62 bits per heavy atom. The standard InChI is InChI=1S/C25H33N5O.HI/c1-4-26-25(27-16-21-14-10-11-15-22(21)18-30(5-2)6-3)28-17-23-19-31-24(29-23)20-12-8-7-9-13-20;/h7-15,19H,4-6,16-18H2,1-3H3,(H2,26,27,28);1H. The SMILES string of the molecule is CCNC(=NCc1ccccc1CN(CC)CC)NCc1coc(-c2ccccc2)n1.I. The summed E-state index contributed by atoms with van der Waals surface area (Å²) < 4.78 is 5.63. The van der Waals surface area contributed by atoms with Gasteiger partial charge < -0.3 is 15.1 Å². The van der Waals surface area contributed by atoms with Crippen molar-refractivity contribution in [1.82, 2.24) is 20.5 Å². The zero-order chi connectivity index (χ0) is 21.9. The largest absolute Gasteiger partial charge is 0.444 e. The molecule has 7 heteroatoms. The van der Waals surface area contributed by atoms with Crippen LogP contribution >= 0.6 is 24.0 Å². The van der Waals surface area contributed by atoms with Gasteiger partial charge in [-0.2, -0.15) is 0 Å². The van der Waals surface area contributed by atoms with Crippen LogP contribution in [0.25, 0.3) is 11.5 Å². The molecule has 0 radical (unpaired) electrons. The van der Waals surface area contributed by atoms with E-state index in [0.717, 1.165) is 43.4 Å². The molecule has 0 saturated heterocycles. The summed E-state index contributed by atoms with van der Waals surface area (Å²) in [5.74, 6) is 1.40. The van der Waals surface area contributed by atoms with Gasteiger partial charge in [-0.15, -0.1) is 24.0 Å². The molecule has 3 rings (SSSR count). The lowest BCUT2D eigenvalue weighted by Gasteiger charge is -2.20. The molecule has 0 atom stereocenters. The fourth-order valence-corrected chi connectivity index (χ4v) is 3.34. The molecule has 0 aliphatic rings. The quantitative estimate of drug-likeness (QED) is 0.211. The first-order chi connectivity index (χ1) is 15.2. The Balaban J connectivity index is 0.00000363. The molecule has 0 aliphatic heterocycles. The molecule has 0 spiro atoms. The molecule has 0 saturated carbocycles. The van der Waals surface area contributed by atoms with Gasteiger partial charge in [0.25, 0.3) is 0 Å². The molecule has 32 heavy (non-hydrogen) atoms. The second-order valence-electron chi connectivity index (χ2n) is 7.29. The molecule has 6 nitrogen and oxygen atoms in total. The van der Waals surface area contributed by atoms with Gasteiger partial charge in [-0.1, -0.05) is 56.3 Å². The van der Waals surface area contributed by atoms with E-state index in [1.54, 1.807) is 6.26 Å². The Bertz CT molecular complexity index is 954. The third-order valence-electron chi connectivity index (χ3n) is 5.17. The van der Waals surface area contributed by atoms with Gasteiger partial charge in [0.1, 0.15) is 6.26 Å².